The molecular weight excluding hydrogens is 540 g/mol. The van der Waals surface area contributed by atoms with Crippen LogP contribution in [0.15, 0.2) is 57.7 Å². The van der Waals surface area contributed by atoms with E-state index in [1.54, 1.807) is 0 Å². The molecule has 0 fully saturated rings. The van der Waals surface area contributed by atoms with Crippen LogP contribution >= 0.6 is 0 Å². The van der Waals surface area contributed by atoms with Crippen molar-refractivity contribution in [3.63, 3.8) is 0 Å². The van der Waals surface area contributed by atoms with E-state index in [1.165, 1.54) is 70.7 Å². The highest BCUT2D eigenvalue weighted by molar-refractivity contribution is 5.86. The highest BCUT2D eigenvalue weighted by Crippen LogP contribution is 2.43. The summed E-state index contributed by atoms with van der Waals surface area (Å²) in [7, 11) is 4.08. The van der Waals surface area contributed by atoms with Gasteiger partial charge < -0.3 is 48.5 Å². The highest BCUT2D eigenvalue weighted by atomic mass is 16.6. The van der Waals surface area contributed by atoms with Crippen LogP contribution in [0.3, 0.4) is 0 Å². The first-order valence-electron chi connectivity index (χ1n) is 12.2. The Morgan fingerprint density at radius 1 is 0.878 bits per heavy atom. The number of aliphatic hydroxyl groups is 1. The SMILES string of the molecule is COc1cc([C@@H](O)[C@H](COC(C)=O)Oc2c(OC)cc(-c3cc(=O)c4c(O)cc(O)cc4o3)cc2OC)ccc1O. The third-order valence-electron chi connectivity index (χ3n) is 6.16. The van der Waals surface area contributed by atoms with Gasteiger partial charge in [0.05, 0.1) is 21.3 Å². The Labute approximate surface area is 233 Å². The zero-order chi connectivity index (χ0) is 29.8. The fraction of sp³-hybridized carbons (Fsp3) is 0.241. The van der Waals surface area contributed by atoms with Gasteiger partial charge in [0.25, 0.3) is 0 Å². The lowest BCUT2D eigenvalue weighted by molar-refractivity contribution is -0.145. The molecule has 0 bridgehead atoms. The number of hydrogen-bond donors (Lipinski definition) is 4. The van der Waals surface area contributed by atoms with Gasteiger partial charge >= 0.3 is 5.97 Å². The standard InChI is InChI=1S/C29H28O12/c1-14(30)39-13-26(28(35)15-5-6-18(32)22(7-15)36-2)41-29-24(37-3)8-16(9-25(29)38-4)21-12-20(34)27-19(33)10-17(31)11-23(27)40-21/h5-12,26,28,31-33,35H,13H2,1-4H3/t26-,28+/m0/s1. The normalized spacial score (nSPS) is 12.4. The van der Waals surface area contributed by atoms with E-state index in [4.69, 9.17) is 28.1 Å². The fourth-order valence-electron chi connectivity index (χ4n) is 4.17. The molecular formula is C29H28O12. The van der Waals surface area contributed by atoms with Gasteiger partial charge in [0, 0.05) is 30.7 Å². The van der Waals surface area contributed by atoms with Crippen LogP contribution in [0.25, 0.3) is 22.3 Å². The van der Waals surface area contributed by atoms with Crippen LogP contribution in [0, 0.1) is 0 Å². The lowest BCUT2D eigenvalue weighted by atomic mass is 10.0. The van der Waals surface area contributed by atoms with Crippen LogP contribution in [0.2, 0.25) is 0 Å². The number of aliphatic hydroxyl groups excluding tert-OH is 1. The van der Waals surface area contributed by atoms with Gasteiger partial charge in [-0.25, -0.2) is 0 Å². The van der Waals surface area contributed by atoms with E-state index < -0.39 is 29.4 Å². The zero-order valence-electron chi connectivity index (χ0n) is 22.5. The quantitative estimate of drug-likeness (QED) is 0.205. The number of aromatic hydroxyl groups is 3. The number of carbonyl (C=O) groups excluding carboxylic acids is 1. The lowest BCUT2D eigenvalue weighted by Crippen LogP contribution is -2.31. The molecule has 1 heterocycles. The van der Waals surface area contributed by atoms with Gasteiger partial charge in [0.2, 0.25) is 5.75 Å². The Balaban J connectivity index is 1.77. The number of rotatable bonds is 10. The van der Waals surface area contributed by atoms with Crippen LogP contribution < -0.4 is 24.4 Å². The van der Waals surface area contributed by atoms with Crippen molar-refractivity contribution in [1.29, 1.82) is 0 Å². The highest BCUT2D eigenvalue weighted by Gasteiger charge is 2.29. The molecule has 12 nitrogen and oxygen atoms in total. The van der Waals surface area contributed by atoms with Crippen LogP contribution in [0.4, 0.5) is 0 Å². The summed E-state index contributed by atoms with van der Waals surface area (Å²) in [6, 6.07) is 10.6. The predicted octanol–water partition coefficient (Wildman–Crippen LogP) is 3.65. The van der Waals surface area contributed by atoms with E-state index in [1.807, 2.05) is 0 Å². The van der Waals surface area contributed by atoms with Gasteiger partial charge in [-0.15, -0.1) is 0 Å². The maximum Gasteiger partial charge on any atom is 0.302 e. The minimum atomic E-state index is -1.36. The van der Waals surface area contributed by atoms with Crippen LogP contribution in [-0.4, -0.2) is 60.4 Å². The lowest BCUT2D eigenvalue weighted by Gasteiger charge is -2.26. The van der Waals surface area contributed by atoms with E-state index in [-0.39, 0.29) is 57.8 Å². The van der Waals surface area contributed by atoms with Crippen LogP contribution in [0.5, 0.6) is 40.2 Å². The summed E-state index contributed by atoms with van der Waals surface area (Å²) < 4.78 is 33.2. The average molecular weight is 569 g/mol. The molecule has 0 amide bonds. The minimum Gasteiger partial charge on any atom is -0.508 e. The zero-order valence-corrected chi connectivity index (χ0v) is 22.5. The number of ether oxygens (including phenoxy) is 5. The van der Waals surface area contributed by atoms with Crippen molar-refractivity contribution >= 4 is 16.9 Å². The molecule has 0 aliphatic carbocycles. The van der Waals surface area contributed by atoms with Gasteiger partial charge in [-0.05, 0) is 29.8 Å². The molecule has 2 atom stereocenters. The molecule has 12 heteroatoms. The van der Waals surface area contributed by atoms with E-state index >= 15 is 0 Å². The summed E-state index contributed by atoms with van der Waals surface area (Å²) in [4.78, 5) is 24.3. The number of methoxy groups -OCH3 is 3. The molecule has 0 aliphatic heterocycles. The number of phenols is 3. The van der Waals surface area contributed by atoms with Gasteiger partial charge in [0.1, 0.15) is 40.9 Å². The topological polar surface area (TPSA) is 174 Å². The number of carbonyl (C=O) groups is 1. The van der Waals surface area contributed by atoms with Gasteiger partial charge in [-0.3, -0.25) is 9.59 Å². The van der Waals surface area contributed by atoms with E-state index in [9.17, 15) is 30.0 Å². The van der Waals surface area contributed by atoms with E-state index in [0.29, 0.717) is 11.1 Å². The first kappa shape index (κ1) is 28.9. The second-order valence-electron chi connectivity index (χ2n) is 8.86. The summed E-state index contributed by atoms with van der Waals surface area (Å²) in [6.07, 6.45) is -2.54. The second-order valence-corrected chi connectivity index (χ2v) is 8.86. The van der Waals surface area contributed by atoms with Crippen LogP contribution in [0.1, 0.15) is 18.6 Å². The molecule has 216 valence electrons. The summed E-state index contributed by atoms with van der Waals surface area (Å²) in [5.41, 5.74) is 0.0343. The number of phenolic OH excluding ortho intramolecular Hbond substituents is 3. The fourth-order valence-corrected chi connectivity index (χ4v) is 4.17. The number of esters is 1. The Morgan fingerprint density at radius 3 is 2.15 bits per heavy atom. The first-order chi connectivity index (χ1) is 19.6. The van der Waals surface area contributed by atoms with Crippen molar-refractivity contribution in [2.75, 3.05) is 27.9 Å². The van der Waals surface area contributed by atoms with E-state index in [2.05, 4.69) is 0 Å². The average Bonchev–Trinajstić information content (AvgIpc) is 2.94. The largest absolute Gasteiger partial charge is 0.508 e. The molecule has 0 radical (unpaired) electrons. The van der Waals surface area contributed by atoms with Crippen molar-refractivity contribution in [2.45, 2.75) is 19.1 Å². The van der Waals surface area contributed by atoms with Crippen LogP contribution in [-0.2, 0) is 9.53 Å². The van der Waals surface area contributed by atoms with Crippen molar-refractivity contribution in [3.05, 3.63) is 64.3 Å². The van der Waals surface area contributed by atoms with Crippen molar-refractivity contribution in [1.82, 2.24) is 0 Å². The number of benzene rings is 3. The Morgan fingerprint density at radius 2 is 1.54 bits per heavy atom. The van der Waals surface area contributed by atoms with E-state index in [0.717, 1.165) is 6.07 Å². The van der Waals surface area contributed by atoms with Crippen molar-refractivity contribution < 1.29 is 53.3 Å². The Hall–Kier alpha value is -5.10. The number of hydrogen-bond acceptors (Lipinski definition) is 12. The maximum atomic E-state index is 12.7. The van der Waals surface area contributed by atoms with Crippen molar-refractivity contribution in [2.24, 2.45) is 0 Å². The van der Waals surface area contributed by atoms with Crippen molar-refractivity contribution in [3.8, 4) is 51.6 Å². The number of fused-ring (bicyclic) bond motifs is 1. The minimum absolute atomic E-state index is 0.0409. The van der Waals surface area contributed by atoms with Gasteiger partial charge in [-0.2, -0.15) is 0 Å². The Kier molecular flexibility index (Phi) is 8.43. The summed E-state index contributed by atoms with van der Waals surface area (Å²) in [5.74, 6) is -1.00. The molecule has 41 heavy (non-hydrogen) atoms. The summed E-state index contributed by atoms with van der Waals surface area (Å²) in [6.45, 7) is 0.847. The molecule has 0 unspecified atom stereocenters. The third kappa shape index (κ3) is 6.07. The molecule has 0 saturated carbocycles. The molecule has 1 aromatic heterocycles. The molecule has 0 saturated heterocycles. The molecule has 0 aliphatic rings. The smallest absolute Gasteiger partial charge is 0.302 e. The molecule has 4 aromatic rings. The summed E-state index contributed by atoms with van der Waals surface area (Å²) >= 11 is 0. The maximum absolute atomic E-state index is 12.7. The third-order valence-corrected chi connectivity index (χ3v) is 6.16. The molecule has 4 rings (SSSR count). The molecule has 0 spiro atoms. The van der Waals surface area contributed by atoms with Gasteiger partial charge in [-0.1, -0.05) is 6.07 Å². The molecule has 3 aromatic carbocycles. The Bertz CT molecular complexity index is 1620. The predicted molar refractivity (Wildman–Crippen MR) is 145 cm³/mol. The van der Waals surface area contributed by atoms with Gasteiger partial charge in [0.15, 0.2) is 34.5 Å². The second kappa shape index (κ2) is 12.0. The summed E-state index contributed by atoms with van der Waals surface area (Å²) in [5, 5.41) is 40.9. The molecule has 4 N–H and O–H groups in total. The monoisotopic (exact) mass is 568 g/mol. The first-order valence-corrected chi connectivity index (χ1v) is 12.2.